The molecule has 0 saturated carbocycles. The van der Waals surface area contributed by atoms with Gasteiger partial charge in [0.2, 0.25) is 0 Å². The molecule has 0 bridgehead atoms. The highest BCUT2D eigenvalue weighted by Gasteiger charge is 2.31. The third-order valence-electron chi connectivity index (χ3n) is 20.6. The highest BCUT2D eigenvalue weighted by molar-refractivity contribution is 7.47. The second kappa shape index (κ2) is 76.7. The number of rotatable bonds is 85. The van der Waals surface area contributed by atoms with Gasteiger partial charge in [0.1, 0.15) is 19.3 Å². The average molecular weight is 1560 g/mol. The molecule has 0 rings (SSSR count). The fourth-order valence-electron chi connectivity index (χ4n) is 13.7. The maximum atomic E-state index is 13.2. The molecule has 0 saturated heterocycles. The molecule has 0 aliphatic carbocycles. The summed E-state index contributed by atoms with van der Waals surface area (Å²) in [4.78, 5) is 73.3. The Hall–Kier alpha value is -1.94. The van der Waals surface area contributed by atoms with Gasteiger partial charge >= 0.3 is 39.5 Å². The lowest BCUT2D eigenvalue weighted by molar-refractivity contribution is -0.161. The van der Waals surface area contributed by atoms with Crippen molar-refractivity contribution in [3.63, 3.8) is 0 Å². The number of phosphoric ester groups is 2. The summed E-state index contributed by atoms with van der Waals surface area (Å²) in [6.45, 7) is 14.4. The first-order chi connectivity index (χ1) is 51.6. The monoisotopic (exact) mass is 1560 g/mol. The summed E-state index contributed by atoms with van der Waals surface area (Å²) in [5.74, 6) is 1.05. The molecule has 0 aliphatic rings. The van der Waals surface area contributed by atoms with Crippen LogP contribution in [0.1, 0.15) is 460 Å². The number of hydrogen-bond donors (Lipinski definition) is 3. The molecule has 636 valence electrons. The summed E-state index contributed by atoms with van der Waals surface area (Å²) < 4.78 is 69.0. The molecule has 0 heterocycles. The molecule has 0 aromatic heterocycles. The Balaban J connectivity index is 5.25. The van der Waals surface area contributed by atoms with E-state index < -0.39 is 97.5 Å². The lowest BCUT2D eigenvalue weighted by atomic mass is 10.0. The standard InChI is InChI=1S/C88H172O17P2/c1-78(2)64-56-48-40-32-26-20-14-9-11-17-23-29-35-44-52-60-68-85(90)98-74-83(104-87(92)70-62-54-46-36-30-24-18-12-10-15-21-27-33-41-49-57-65-79(3)4)76-102-106(94,95)100-72-82(89)73-101-107(96,97)103-77-84(75-99-86(91)69-61-53-45-39-38-43-51-59-67-81(7)8)105-88(93)71-63-55-47-37-31-25-19-13-16-22-28-34-42-50-58-66-80(5)6/h78-84,89H,9-77H2,1-8H3,(H,94,95)(H,96,97)/t82-,83-,84-/m1/s1. The van der Waals surface area contributed by atoms with Gasteiger partial charge in [-0.3, -0.25) is 37.3 Å². The van der Waals surface area contributed by atoms with Crippen LogP contribution in [0.25, 0.3) is 0 Å². The van der Waals surface area contributed by atoms with E-state index in [2.05, 4.69) is 55.4 Å². The predicted molar refractivity (Wildman–Crippen MR) is 441 cm³/mol. The van der Waals surface area contributed by atoms with E-state index in [1.54, 1.807) is 0 Å². The first kappa shape index (κ1) is 105. The number of carbonyl (C=O) groups excluding carboxylic acids is 4. The maximum Gasteiger partial charge on any atom is 0.472 e. The number of esters is 4. The molecule has 19 heteroatoms. The molecule has 0 fully saturated rings. The Bertz CT molecular complexity index is 2080. The van der Waals surface area contributed by atoms with Gasteiger partial charge in [-0.15, -0.1) is 0 Å². The van der Waals surface area contributed by atoms with Crippen LogP contribution in [0.5, 0.6) is 0 Å². The van der Waals surface area contributed by atoms with Crippen LogP contribution < -0.4 is 0 Å². The van der Waals surface area contributed by atoms with Crippen LogP contribution in [0.3, 0.4) is 0 Å². The van der Waals surface area contributed by atoms with E-state index in [0.717, 1.165) is 114 Å². The van der Waals surface area contributed by atoms with Crippen LogP contribution in [0.4, 0.5) is 0 Å². The van der Waals surface area contributed by atoms with Crippen LogP contribution in [0.2, 0.25) is 0 Å². The molecule has 0 aromatic carbocycles. The summed E-state index contributed by atoms with van der Waals surface area (Å²) in [6, 6.07) is 0. The summed E-state index contributed by atoms with van der Waals surface area (Å²) in [5, 5.41) is 10.7. The molecule has 0 aliphatic heterocycles. The Kier molecular flexibility index (Phi) is 75.3. The fourth-order valence-corrected chi connectivity index (χ4v) is 15.3. The zero-order valence-corrected chi connectivity index (χ0v) is 72.6. The van der Waals surface area contributed by atoms with Gasteiger partial charge in [-0.2, -0.15) is 0 Å². The molecular weight excluding hydrogens is 1390 g/mol. The number of unbranched alkanes of at least 4 members (excludes halogenated alkanes) is 51. The van der Waals surface area contributed by atoms with Gasteiger partial charge in [-0.25, -0.2) is 9.13 Å². The number of phosphoric acid groups is 2. The van der Waals surface area contributed by atoms with Crippen LogP contribution in [0, 0.1) is 23.7 Å². The SMILES string of the molecule is CC(C)CCCCCCCCCCCCCCCCCCC(=O)OC[C@H](COP(=O)(O)OC[C@@H](O)COP(=O)(O)OC[C@@H](COC(=O)CCCCCCCCCCC(C)C)OC(=O)CCCCCCCCCCCCCCCCCC(C)C)OC(=O)CCCCCCCCCCCCCCCCCCC(C)C. The van der Waals surface area contributed by atoms with Crippen molar-refractivity contribution in [3.05, 3.63) is 0 Å². The molecule has 0 spiro atoms. The smallest absolute Gasteiger partial charge is 0.462 e. The molecule has 17 nitrogen and oxygen atoms in total. The van der Waals surface area contributed by atoms with E-state index in [-0.39, 0.29) is 25.7 Å². The van der Waals surface area contributed by atoms with Crippen LogP contribution in [-0.2, 0) is 65.4 Å². The molecular formula is C88H172O17P2. The molecule has 107 heavy (non-hydrogen) atoms. The van der Waals surface area contributed by atoms with Crippen molar-refractivity contribution in [1.82, 2.24) is 0 Å². The highest BCUT2D eigenvalue weighted by atomic mass is 31.2. The van der Waals surface area contributed by atoms with E-state index >= 15 is 0 Å². The van der Waals surface area contributed by atoms with Gasteiger partial charge in [-0.05, 0) is 49.4 Å². The van der Waals surface area contributed by atoms with Crippen LogP contribution in [0.15, 0.2) is 0 Å². The highest BCUT2D eigenvalue weighted by Crippen LogP contribution is 2.45. The third kappa shape index (κ3) is 81.9. The Morgan fingerprint density at radius 1 is 0.234 bits per heavy atom. The van der Waals surface area contributed by atoms with Gasteiger partial charge < -0.3 is 33.8 Å². The van der Waals surface area contributed by atoms with Gasteiger partial charge in [0.05, 0.1) is 26.4 Å². The largest absolute Gasteiger partial charge is 0.472 e. The first-order valence-corrected chi connectivity index (χ1v) is 48.2. The Labute approximate surface area is 658 Å². The van der Waals surface area contributed by atoms with Crippen LogP contribution in [-0.4, -0.2) is 96.7 Å². The molecule has 2 unspecified atom stereocenters. The van der Waals surface area contributed by atoms with Crippen molar-refractivity contribution >= 4 is 39.5 Å². The number of aliphatic hydroxyl groups excluding tert-OH is 1. The summed E-state index contributed by atoms with van der Waals surface area (Å²) in [5.41, 5.74) is 0. The number of ether oxygens (including phenoxy) is 4. The quantitative estimate of drug-likeness (QED) is 0.0222. The van der Waals surface area contributed by atoms with Crippen molar-refractivity contribution in [2.75, 3.05) is 39.6 Å². The van der Waals surface area contributed by atoms with E-state index in [0.29, 0.717) is 25.7 Å². The summed E-state index contributed by atoms with van der Waals surface area (Å²) in [6.07, 6.45) is 66.7. The second-order valence-corrected chi connectivity index (χ2v) is 36.4. The molecule has 0 radical (unpaired) electrons. The minimum absolute atomic E-state index is 0.107. The lowest BCUT2D eigenvalue weighted by Crippen LogP contribution is -2.30. The Morgan fingerprint density at radius 3 is 0.579 bits per heavy atom. The van der Waals surface area contributed by atoms with Crippen molar-refractivity contribution in [2.24, 2.45) is 23.7 Å². The van der Waals surface area contributed by atoms with Crippen molar-refractivity contribution in [3.8, 4) is 0 Å². The molecule has 0 amide bonds. The number of carbonyl (C=O) groups is 4. The molecule has 3 N–H and O–H groups in total. The summed E-state index contributed by atoms with van der Waals surface area (Å²) in [7, 11) is -9.93. The topological polar surface area (TPSA) is 237 Å². The van der Waals surface area contributed by atoms with E-state index in [1.807, 2.05) is 0 Å². The van der Waals surface area contributed by atoms with E-state index in [9.17, 15) is 43.2 Å². The van der Waals surface area contributed by atoms with Crippen LogP contribution >= 0.6 is 15.6 Å². The van der Waals surface area contributed by atoms with Crippen molar-refractivity contribution in [1.29, 1.82) is 0 Å². The number of aliphatic hydroxyl groups is 1. The van der Waals surface area contributed by atoms with E-state index in [1.165, 1.54) is 263 Å². The zero-order valence-electron chi connectivity index (χ0n) is 70.8. The van der Waals surface area contributed by atoms with E-state index in [4.69, 9.17) is 37.0 Å². The maximum absolute atomic E-state index is 13.2. The predicted octanol–water partition coefficient (Wildman–Crippen LogP) is 26.7. The lowest BCUT2D eigenvalue weighted by Gasteiger charge is -2.21. The third-order valence-corrected chi connectivity index (χ3v) is 22.5. The van der Waals surface area contributed by atoms with Gasteiger partial charge in [0.15, 0.2) is 12.2 Å². The fraction of sp³-hybridized carbons (Fsp3) is 0.955. The number of hydrogen-bond acceptors (Lipinski definition) is 15. The van der Waals surface area contributed by atoms with Crippen molar-refractivity contribution in [2.45, 2.75) is 478 Å². The molecule has 0 aromatic rings. The minimum Gasteiger partial charge on any atom is -0.462 e. The van der Waals surface area contributed by atoms with Gasteiger partial charge in [0.25, 0.3) is 0 Å². The Morgan fingerprint density at radius 2 is 0.393 bits per heavy atom. The first-order valence-electron chi connectivity index (χ1n) is 45.2. The normalized spacial score (nSPS) is 13.9. The average Bonchev–Trinajstić information content (AvgIpc) is 0.901. The minimum atomic E-state index is -4.97. The van der Waals surface area contributed by atoms with Crippen molar-refractivity contribution < 1.29 is 80.2 Å². The van der Waals surface area contributed by atoms with Gasteiger partial charge in [0, 0.05) is 25.7 Å². The van der Waals surface area contributed by atoms with Gasteiger partial charge in [-0.1, -0.05) is 409 Å². The summed E-state index contributed by atoms with van der Waals surface area (Å²) >= 11 is 0. The second-order valence-electron chi connectivity index (χ2n) is 33.5. The zero-order chi connectivity index (χ0) is 78.8. The molecule has 5 atom stereocenters.